The van der Waals surface area contributed by atoms with Gasteiger partial charge in [0.2, 0.25) is 10.0 Å². The predicted octanol–water partition coefficient (Wildman–Crippen LogP) is 3.38. The second-order valence-corrected chi connectivity index (χ2v) is 10.3. The molecule has 29 heavy (non-hydrogen) atoms. The smallest absolute Gasteiger partial charge is 0.309 e. The van der Waals surface area contributed by atoms with E-state index in [9.17, 15) is 18.0 Å². The van der Waals surface area contributed by atoms with E-state index in [-0.39, 0.29) is 30.8 Å². The van der Waals surface area contributed by atoms with Crippen LogP contribution in [0.2, 0.25) is 0 Å². The van der Waals surface area contributed by atoms with Crippen molar-refractivity contribution < 1.29 is 22.7 Å². The van der Waals surface area contributed by atoms with Gasteiger partial charge in [0.1, 0.15) is 0 Å². The molecule has 1 saturated carbocycles. The zero-order valence-corrected chi connectivity index (χ0v) is 18.6. The fourth-order valence-electron chi connectivity index (χ4n) is 4.34. The first-order valence-corrected chi connectivity index (χ1v) is 11.9. The molecule has 0 amide bonds. The molecule has 1 aliphatic carbocycles. The minimum Gasteiger partial charge on any atom is -0.454 e. The molecule has 1 saturated heterocycles. The van der Waals surface area contributed by atoms with Crippen LogP contribution in [0, 0.1) is 33.6 Å². The van der Waals surface area contributed by atoms with E-state index in [2.05, 4.69) is 0 Å². The number of hydrogen-bond acceptors (Lipinski definition) is 5. The maximum Gasteiger partial charge on any atom is 0.309 e. The lowest BCUT2D eigenvalue weighted by Gasteiger charge is -2.32. The molecule has 160 valence electrons. The Morgan fingerprint density at radius 3 is 2.14 bits per heavy atom. The van der Waals surface area contributed by atoms with Gasteiger partial charge < -0.3 is 4.74 Å². The minimum atomic E-state index is -3.63. The molecule has 2 aliphatic rings. The van der Waals surface area contributed by atoms with Gasteiger partial charge >= 0.3 is 5.97 Å². The van der Waals surface area contributed by atoms with E-state index in [0.29, 0.717) is 30.6 Å². The molecule has 0 aromatic heterocycles. The highest BCUT2D eigenvalue weighted by Gasteiger charge is 2.36. The Kier molecular flexibility index (Phi) is 6.48. The molecule has 1 heterocycles. The Balaban J connectivity index is 1.69. The zero-order chi connectivity index (χ0) is 21.3. The van der Waals surface area contributed by atoms with Crippen molar-refractivity contribution in [2.24, 2.45) is 5.92 Å². The molecule has 0 bridgehead atoms. The van der Waals surface area contributed by atoms with Crippen LogP contribution < -0.4 is 0 Å². The number of esters is 1. The third-order valence-corrected chi connectivity index (χ3v) is 8.61. The van der Waals surface area contributed by atoms with Gasteiger partial charge in [-0.15, -0.1) is 0 Å². The van der Waals surface area contributed by atoms with Crippen LogP contribution in [0.4, 0.5) is 0 Å². The number of ketones is 1. The molecule has 1 aromatic rings. The van der Waals surface area contributed by atoms with Crippen LogP contribution in [0.5, 0.6) is 0 Å². The van der Waals surface area contributed by atoms with Crippen LogP contribution >= 0.6 is 0 Å². The average molecular weight is 422 g/mol. The number of carbonyl (C=O) groups is 2. The van der Waals surface area contributed by atoms with Crippen LogP contribution in [0.25, 0.3) is 0 Å². The summed E-state index contributed by atoms with van der Waals surface area (Å²) in [5.41, 5.74) is 3.49. The second-order valence-electron chi connectivity index (χ2n) is 8.41. The Labute approximate surface area is 173 Å². The summed E-state index contributed by atoms with van der Waals surface area (Å²) in [7, 11) is -3.63. The van der Waals surface area contributed by atoms with Gasteiger partial charge in [-0.1, -0.05) is 6.07 Å². The van der Waals surface area contributed by atoms with E-state index >= 15 is 0 Å². The summed E-state index contributed by atoms with van der Waals surface area (Å²) < 4.78 is 33.6. The van der Waals surface area contributed by atoms with Crippen LogP contribution in [0.3, 0.4) is 0 Å². The van der Waals surface area contributed by atoms with Crippen LogP contribution in [-0.2, 0) is 24.3 Å². The minimum absolute atomic E-state index is 0.00498. The largest absolute Gasteiger partial charge is 0.454 e. The number of Topliss-reactive ketones (excluding diaryl/α,β-unsaturated/α-hetero) is 1. The van der Waals surface area contributed by atoms with E-state index in [1.165, 1.54) is 4.31 Å². The number of piperidine rings is 1. The van der Waals surface area contributed by atoms with Crippen molar-refractivity contribution >= 4 is 21.8 Å². The number of carbonyl (C=O) groups excluding carboxylic acids is 2. The lowest BCUT2D eigenvalue weighted by atomic mass is 9.95. The quantitative estimate of drug-likeness (QED) is 0.696. The van der Waals surface area contributed by atoms with Crippen molar-refractivity contribution in [3.8, 4) is 0 Å². The second kappa shape index (κ2) is 8.56. The van der Waals surface area contributed by atoms with E-state index in [4.69, 9.17) is 4.74 Å². The molecule has 1 aliphatic heterocycles. The van der Waals surface area contributed by atoms with Gasteiger partial charge in [-0.2, -0.15) is 4.31 Å². The van der Waals surface area contributed by atoms with Gasteiger partial charge in [-0.05, 0) is 82.1 Å². The van der Waals surface area contributed by atoms with E-state index in [0.717, 1.165) is 35.1 Å². The monoisotopic (exact) mass is 421 g/mol. The Morgan fingerprint density at radius 1 is 1.00 bits per heavy atom. The van der Waals surface area contributed by atoms with Gasteiger partial charge in [0.15, 0.2) is 11.9 Å². The third-order valence-electron chi connectivity index (χ3n) is 6.44. The highest BCUT2D eigenvalue weighted by Crippen LogP contribution is 2.31. The fraction of sp³-hybridized carbons (Fsp3) is 0.636. The summed E-state index contributed by atoms with van der Waals surface area (Å²) in [5.74, 6) is -0.705. The zero-order valence-electron chi connectivity index (χ0n) is 17.8. The maximum atomic E-state index is 13.3. The van der Waals surface area contributed by atoms with Crippen LogP contribution in [0.1, 0.15) is 60.8 Å². The number of aryl methyl sites for hydroxylation is 2. The highest BCUT2D eigenvalue weighted by molar-refractivity contribution is 7.89. The summed E-state index contributed by atoms with van der Waals surface area (Å²) in [6.07, 6.45) is 3.06. The highest BCUT2D eigenvalue weighted by atomic mass is 32.2. The van der Waals surface area contributed by atoms with Gasteiger partial charge in [0.25, 0.3) is 0 Å². The topological polar surface area (TPSA) is 80.8 Å². The van der Waals surface area contributed by atoms with Crippen molar-refractivity contribution in [2.45, 2.75) is 77.2 Å². The molecule has 2 fully saturated rings. The van der Waals surface area contributed by atoms with Crippen LogP contribution in [-0.4, -0.2) is 43.7 Å². The number of sulfonamides is 1. The number of rotatable bonds is 4. The first kappa shape index (κ1) is 22.0. The summed E-state index contributed by atoms with van der Waals surface area (Å²) in [6.45, 7) is 8.12. The van der Waals surface area contributed by atoms with Crippen molar-refractivity contribution in [1.29, 1.82) is 0 Å². The lowest BCUT2D eigenvalue weighted by Crippen LogP contribution is -2.42. The van der Waals surface area contributed by atoms with E-state index in [1.807, 2.05) is 33.8 Å². The van der Waals surface area contributed by atoms with Gasteiger partial charge in [0.05, 0.1) is 10.8 Å². The molecule has 0 spiro atoms. The van der Waals surface area contributed by atoms with Gasteiger partial charge in [0, 0.05) is 19.5 Å². The lowest BCUT2D eigenvalue weighted by molar-refractivity contribution is -0.161. The molecular formula is C22H31NO5S. The summed E-state index contributed by atoms with van der Waals surface area (Å²) in [5, 5.41) is 0. The number of hydrogen-bond donors (Lipinski definition) is 0. The third kappa shape index (κ3) is 4.40. The molecule has 0 N–H and O–H groups in total. The molecule has 6 nitrogen and oxygen atoms in total. The van der Waals surface area contributed by atoms with Gasteiger partial charge in [-0.25, -0.2) is 8.42 Å². The molecular weight excluding hydrogens is 390 g/mol. The van der Waals surface area contributed by atoms with Crippen molar-refractivity contribution in [3.05, 3.63) is 28.3 Å². The Morgan fingerprint density at radius 2 is 1.59 bits per heavy atom. The van der Waals surface area contributed by atoms with Crippen molar-refractivity contribution in [2.75, 3.05) is 13.1 Å². The molecule has 3 rings (SSSR count). The molecule has 7 heteroatoms. The molecule has 1 aromatic carbocycles. The summed E-state index contributed by atoms with van der Waals surface area (Å²) in [6, 6.07) is 2.01. The summed E-state index contributed by atoms with van der Waals surface area (Å²) in [4.78, 5) is 24.8. The van der Waals surface area contributed by atoms with Gasteiger partial charge in [-0.3, -0.25) is 9.59 Å². The normalized spacial score (nSPS) is 21.9. The number of nitrogens with zero attached hydrogens (tertiary/aromatic N) is 1. The first-order valence-electron chi connectivity index (χ1n) is 10.4. The SMILES string of the molecule is Cc1cc(C)c(C)c(S(=O)(=O)N2CCC(C(=O)OC3CCCCC3=O)CC2)c1C. The summed E-state index contributed by atoms with van der Waals surface area (Å²) >= 11 is 0. The van der Waals surface area contributed by atoms with E-state index in [1.54, 1.807) is 0 Å². The predicted molar refractivity (Wildman–Crippen MR) is 110 cm³/mol. The molecule has 1 atom stereocenters. The Bertz CT molecular complexity index is 887. The first-order chi connectivity index (χ1) is 13.6. The van der Waals surface area contributed by atoms with Crippen molar-refractivity contribution in [3.63, 3.8) is 0 Å². The fourth-order valence-corrected chi connectivity index (χ4v) is 6.39. The Hall–Kier alpha value is -1.73. The molecule has 0 radical (unpaired) electrons. The number of ether oxygens (including phenoxy) is 1. The maximum absolute atomic E-state index is 13.3. The average Bonchev–Trinajstić information content (AvgIpc) is 2.68. The standard InChI is InChI=1S/C22H31NO5S/c1-14-13-15(2)17(4)21(16(14)3)29(26,27)23-11-9-18(10-12-23)22(25)28-20-8-6-5-7-19(20)24/h13,18,20H,5-12H2,1-4H3. The van der Waals surface area contributed by atoms with E-state index < -0.39 is 16.1 Å². The van der Waals surface area contributed by atoms with Crippen LogP contribution in [0.15, 0.2) is 11.0 Å². The van der Waals surface area contributed by atoms with Crippen molar-refractivity contribution in [1.82, 2.24) is 4.31 Å². The number of benzene rings is 1. The molecule has 1 unspecified atom stereocenters.